The molecule has 1 fully saturated rings. The van der Waals surface area contributed by atoms with Gasteiger partial charge in [-0.05, 0) is 56.5 Å². The summed E-state index contributed by atoms with van der Waals surface area (Å²) in [5.74, 6) is 0.314. The van der Waals surface area contributed by atoms with E-state index in [9.17, 15) is 9.59 Å². The number of hydrogen-bond donors (Lipinski definition) is 1. The average molecular weight is 542 g/mol. The molecule has 2 amide bonds. The number of aryl methyl sites for hydroxylation is 2. The standard InChI is InChI=1S/C31H35N5O4/c1-20-16-17-25(21(2)18-20)36(28(37)19-35-26-14-8-7-13-24(26)33-34-35)29(31(38)32-22-10-5-6-11-22)23-12-9-15-27(39-3)30(23)40-4/h7-9,12-18,22,29H,5-6,10-11,19H2,1-4H3,(H,32,38). The molecule has 3 aromatic carbocycles. The molecular formula is C31H35N5O4. The first-order valence-electron chi connectivity index (χ1n) is 13.6. The molecule has 1 aliphatic carbocycles. The topological polar surface area (TPSA) is 98.6 Å². The van der Waals surface area contributed by atoms with Crippen molar-refractivity contribution in [3.05, 3.63) is 77.4 Å². The number of hydrogen-bond acceptors (Lipinski definition) is 6. The number of carbonyl (C=O) groups excluding carboxylic acids is 2. The van der Waals surface area contributed by atoms with Gasteiger partial charge in [-0.2, -0.15) is 0 Å². The van der Waals surface area contributed by atoms with Crippen molar-refractivity contribution in [2.75, 3.05) is 19.1 Å². The molecule has 0 saturated heterocycles. The molecular weight excluding hydrogens is 506 g/mol. The van der Waals surface area contributed by atoms with Crippen molar-refractivity contribution in [2.24, 2.45) is 0 Å². The van der Waals surface area contributed by atoms with Gasteiger partial charge >= 0.3 is 0 Å². The Hall–Kier alpha value is -4.40. The summed E-state index contributed by atoms with van der Waals surface area (Å²) >= 11 is 0. The van der Waals surface area contributed by atoms with Crippen LogP contribution in [-0.2, 0) is 16.1 Å². The molecule has 1 aromatic heterocycles. The minimum atomic E-state index is -1.02. The third-order valence-electron chi connectivity index (χ3n) is 7.52. The summed E-state index contributed by atoms with van der Waals surface area (Å²) in [5, 5.41) is 11.7. The van der Waals surface area contributed by atoms with Crippen molar-refractivity contribution in [2.45, 2.75) is 58.2 Å². The van der Waals surface area contributed by atoms with Gasteiger partial charge in [-0.25, -0.2) is 4.68 Å². The van der Waals surface area contributed by atoms with Crippen molar-refractivity contribution in [1.82, 2.24) is 20.3 Å². The first kappa shape index (κ1) is 27.2. The van der Waals surface area contributed by atoms with Crippen molar-refractivity contribution in [3.63, 3.8) is 0 Å². The molecule has 1 aliphatic rings. The van der Waals surface area contributed by atoms with Crippen LogP contribution < -0.4 is 19.7 Å². The summed E-state index contributed by atoms with van der Waals surface area (Å²) < 4.78 is 12.9. The monoisotopic (exact) mass is 541 g/mol. The summed E-state index contributed by atoms with van der Waals surface area (Å²) in [4.78, 5) is 30.2. The van der Waals surface area contributed by atoms with E-state index in [1.54, 1.807) is 22.8 Å². The normalized spacial score (nSPS) is 14.2. The molecule has 0 spiro atoms. The highest BCUT2D eigenvalue weighted by molar-refractivity contribution is 6.02. The Morgan fingerprint density at radius 2 is 1.80 bits per heavy atom. The zero-order valence-corrected chi connectivity index (χ0v) is 23.4. The number of aromatic nitrogens is 3. The third-order valence-corrected chi connectivity index (χ3v) is 7.52. The first-order chi connectivity index (χ1) is 19.4. The number of benzene rings is 3. The van der Waals surface area contributed by atoms with Crippen LogP contribution in [0, 0.1) is 13.8 Å². The van der Waals surface area contributed by atoms with Crippen LogP contribution in [0.4, 0.5) is 5.69 Å². The van der Waals surface area contributed by atoms with Crippen LogP contribution in [0.25, 0.3) is 11.0 Å². The Bertz CT molecular complexity index is 1530. The Morgan fingerprint density at radius 1 is 1.02 bits per heavy atom. The Balaban J connectivity index is 1.66. The molecule has 9 nitrogen and oxygen atoms in total. The molecule has 1 N–H and O–H groups in total. The van der Waals surface area contributed by atoms with E-state index in [4.69, 9.17) is 9.47 Å². The second-order valence-electron chi connectivity index (χ2n) is 10.3. The van der Waals surface area contributed by atoms with E-state index in [0.29, 0.717) is 28.3 Å². The van der Waals surface area contributed by atoms with Gasteiger partial charge in [0.15, 0.2) is 11.5 Å². The van der Waals surface area contributed by atoms with Gasteiger partial charge < -0.3 is 14.8 Å². The Kier molecular flexibility index (Phi) is 8.00. The van der Waals surface area contributed by atoms with Crippen molar-refractivity contribution >= 4 is 28.5 Å². The zero-order chi connectivity index (χ0) is 28.2. The SMILES string of the molecule is COc1cccc(C(C(=O)NC2CCCC2)N(C(=O)Cn2nnc3ccccc32)c2ccc(C)cc2C)c1OC. The molecule has 5 rings (SSSR count). The number of para-hydroxylation sites is 2. The minimum absolute atomic E-state index is 0.0573. The summed E-state index contributed by atoms with van der Waals surface area (Å²) in [6, 6.07) is 17.8. The van der Waals surface area contributed by atoms with Crippen LogP contribution in [0.1, 0.15) is 48.4 Å². The van der Waals surface area contributed by atoms with Crippen LogP contribution >= 0.6 is 0 Å². The largest absolute Gasteiger partial charge is 0.493 e. The number of nitrogens with one attached hydrogen (secondary N) is 1. The maximum absolute atomic E-state index is 14.4. The zero-order valence-electron chi connectivity index (χ0n) is 23.4. The molecule has 1 saturated carbocycles. The van der Waals surface area contributed by atoms with Gasteiger partial charge in [-0.3, -0.25) is 14.5 Å². The number of carbonyl (C=O) groups is 2. The lowest BCUT2D eigenvalue weighted by Crippen LogP contribution is -2.47. The number of ether oxygens (including phenoxy) is 2. The predicted molar refractivity (Wildman–Crippen MR) is 154 cm³/mol. The molecule has 4 aromatic rings. The molecule has 40 heavy (non-hydrogen) atoms. The van der Waals surface area contributed by atoms with Gasteiger partial charge in [0.25, 0.3) is 0 Å². The predicted octanol–water partition coefficient (Wildman–Crippen LogP) is 4.90. The molecule has 208 valence electrons. The van der Waals surface area contributed by atoms with E-state index >= 15 is 0 Å². The van der Waals surface area contributed by atoms with Crippen LogP contribution in [-0.4, -0.2) is 47.1 Å². The third kappa shape index (κ3) is 5.36. The van der Waals surface area contributed by atoms with Crippen LogP contribution in [0.3, 0.4) is 0 Å². The molecule has 9 heteroatoms. The molecule has 0 radical (unpaired) electrons. The molecule has 1 unspecified atom stereocenters. The highest BCUT2D eigenvalue weighted by atomic mass is 16.5. The average Bonchev–Trinajstić information content (AvgIpc) is 3.61. The van der Waals surface area contributed by atoms with E-state index in [1.165, 1.54) is 7.11 Å². The van der Waals surface area contributed by atoms with E-state index in [1.807, 2.05) is 68.4 Å². The second kappa shape index (κ2) is 11.8. The summed E-state index contributed by atoms with van der Waals surface area (Å²) in [6.07, 6.45) is 3.96. The van der Waals surface area contributed by atoms with Gasteiger partial charge in [-0.15, -0.1) is 5.10 Å². The maximum atomic E-state index is 14.4. The maximum Gasteiger partial charge on any atom is 0.249 e. The molecule has 0 aliphatic heterocycles. The lowest BCUT2D eigenvalue weighted by Gasteiger charge is -2.34. The summed E-state index contributed by atoms with van der Waals surface area (Å²) in [6.45, 7) is 3.84. The number of nitrogens with zero attached hydrogens (tertiary/aromatic N) is 4. The summed E-state index contributed by atoms with van der Waals surface area (Å²) in [5.41, 5.74) is 4.53. The molecule has 0 bridgehead atoms. The fourth-order valence-corrected chi connectivity index (χ4v) is 5.61. The van der Waals surface area contributed by atoms with E-state index in [2.05, 4.69) is 15.6 Å². The van der Waals surface area contributed by atoms with Gasteiger partial charge in [0.1, 0.15) is 18.1 Å². The van der Waals surface area contributed by atoms with Crippen LogP contribution in [0.5, 0.6) is 11.5 Å². The fourth-order valence-electron chi connectivity index (χ4n) is 5.61. The van der Waals surface area contributed by atoms with Crippen LogP contribution in [0.15, 0.2) is 60.7 Å². The van der Waals surface area contributed by atoms with Gasteiger partial charge in [0, 0.05) is 17.3 Å². The number of fused-ring (bicyclic) bond motifs is 1. The highest BCUT2D eigenvalue weighted by Gasteiger charge is 2.37. The Morgan fingerprint density at radius 3 is 2.52 bits per heavy atom. The van der Waals surface area contributed by atoms with Crippen molar-refractivity contribution in [1.29, 1.82) is 0 Å². The lowest BCUT2D eigenvalue weighted by molar-refractivity contribution is -0.127. The van der Waals surface area contributed by atoms with Gasteiger partial charge in [0.05, 0.1) is 19.7 Å². The van der Waals surface area contributed by atoms with E-state index < -0.39 is 6.04 Å². The number of rotatable bonds is 9. The highest BCUT2D eigenvalue weighted by Crippen LogP contribution is 2.40. The number of methoxy groups -OCH3 is 2. The first-order valence-corrected chi connectivity index (χ1v) is 13.6. The smallest absolute Gasteiger partial charge is 0.249 e. The van der Waals surface area contributed by atoms with Gasteiger partial charge in [0.2, 0.25) is 11.8 Å². The number of anilines is 1. The van der Waals surface area contributed by atoms with Crippen molar-refractivity contribution < 1.29 is 19.1 Å². The number of amides is 2. The molecule has 1 atom stereocenters. The van der Waals surface area contributed by atoms with E-state index in [0.717, 1.165) is 42.3 Å². The second-order valence-corrected chi connectivity index (χ2v) is 10.3. The van der Waals surface area contributed by atoms with Crippen LogP contribution in [0.2, 0.25) is 0 Å². The fraction of sp³-hybridized carbons (Fsp3) is 0.355. The molecule has 1 heterocycles. The quantitative estimate of drug-likeness (QED) is 0.324. The summed E-state index contributed by atoms with van der Waals surface area (Å²) in [7, 11) is 3.09. The van der Waals surface area contributed by atoms with Gasteiger partial charge in [-0.1, -0.05) is 60.0 Å². The van der Waals surface area contributed by atoms with Crippen molar-refractivity contribution in [3.8, 4) is 11.5 Å². The van der Waals surface area contributed by atoms with E-state index in [-0.39, 0.29) is 24.4 Å². The Labute approximate surface area is 234 Å². The minimum Gasteiger partial charge on any atom is -0.493 e. The lowest BCUT2D eigenvalue weighted by atomic mass is 9.99.